The molecule has 0 aliphatic heterocycles. The van der Waals surface area contributed by atoms with Gasteiger partial charge < -0.3 is 10.1 Å². The first-order valence-electron chi connectivity index (χ1n) is 5.73. The van der Waals surface area contributed by atoms with Gasteiger partial charge in [-0.2, -0.15) is 0 Å². The van der Waals surface area contributed by atoms with Crippen LogP contribution in [0.3, 0.4) is 0 Å². The molecular weight excluding hydrogens is 230 g/mol. The van der Waals surface area contributed by atoms with Crippen molar-refractivity contribution in [3.63, 3.8) is 0 Å². The molecule has 0 saturated carbocycles. The molecule has 0 bridgehead atoms. The molecule has 18 heavy (non-hydrogen) atoms. The Hall–Kier alpha value is -2.28. The maximum absolute atomic E-state index is 11.3. The van der Waals surface area contributed by atoms with Crippen molar-refractivity contribution >= 4 is 11.9 Å². The molecule has 1 N–H and O–H groups in total. The molecule has 1 aromatic rings. The molecule has 4 nitrogen and oxygen atoms in total. The smallest absolute Gasteiger partial charge is 0.307 e. The highest BCUT2D eigenvalue weighted by Crippen LogP contribution is 1.94. The second-order valence-corrected chi connectivity index (χ2v) is 3.43. The molecule has 1 aromatic carbocycles. The summed E-state index contributed by atoms with van der Waals surface area (Å²) in [6.45, 7) is 2.32. The quantitative estimate of drug-likeness (QED) is 0.638. The normalized spacial score (nSPS) is 8.94. The van der Waals surface area contributed by atoms with Gasteiger partial charge in [-0.3, -0.25) is 9.59 Å². The number of nitrogens with one attached hydrogen (secondary N) is 1. The molecule has 94 valence electrons. The molecular formula is C14H15NO3. The fourth-order valence-corrected chi connectivity index (χ4v) is 1.21. The Balaban J connectivity index is 2.30. The predicted octanol–water partition coefficient (Wildman–Crippen LogP) is 1.11. The number of ether oxygens (including phenoxy) is 1. The van der Waals surface area contributed by atoms with Crippen molar-refractivity contribution in [2.45, 2.75) is 13.3 Å². The summed E-state index contributed by atoms with van der Waals surface area (Å²) in [7, 11) is 0. The first-order valence-corrected chi connectivity index (χ1v) is 5.73. The second kappa shape index (κ2) is 7.91. The molecule has 0 aliphatic rings. The average Bonchev–Trinajstić information content (AvgIpc) is 2.38. The minimum Gasteiger partial charge on any atom is -0.466 e. The Bertz CT molecular complexity index is 457. The van der Waals surface area contributed by atoms with Gasteiger partial charge in [-0.05, 0) is 19.1 Å². The van der Waals surface area contributed by atoms with E-state index in [1.807, 2.05) is 30.3 Å². The highest BCUT2D eigenvalue weighted by Gasteiger charge is 2.01. The van der Waals surface area contributed by atoms with Gasteiger partial charge in [0.15, 0.2) is 0 Å². The van der Waals surface area contributed by atoms with Gasteiger partial charge in [-0.1, -0.05) is 24.1 Å². The number of carbonyl (C=O) groups is 2. The van der Waals surface area contributed by atoms with Gasteiger partial charge >= 0.3 is 5.97 Å². The first kappa shape index (κ1) is 13.8. The molecule has 0 aromatic heterocycles. The summed E-state index contributed by atoms with van der Waals surface area (Å²) in [5, 5.41) is 2.53. The molecule has 4 heteroatoms. The molecule has 0 fully saturated rings. The second-order valence-electron chi connectivity index (χ2n) is 3.43. The van der Waals surface area contributed by atoms with Gasteiger partial charge in [0.1, 0.15) is 0 Å². The number of rotatable bonds is 4. The summed E-state index contributed by atoms with van der Waals surface area (Å²) in [4.78, 5) is 22.3. The maximum Gasteiger partial charge on any atom is 0.307 e. The van der Waals surface area contributed by atoms with Gasteiger partial charge in [0.05, 0.1) is 13.0 Å². The molecule has 0 heterocycles. The lowest BCUT2D eigenvalue weighted by atomic mass is 10.2. The minimum atomic E-state index is -0.400. The molecule has 1 rings (SSSR count). The Labute approximate surface area is 106 Å². The van der Waals surface area contributed by atoms with Crippen molar-refractivity contribution in [1.82, 2.24) is 5.32 Å². The van der Waals surface area contributed by atoms with Crippen molar-refractivity contribution in [2.24, 2.45) is 0 Å². The fourth-order valence-electron chi connectivity index (χ4n) is 1.21. The summed E-state index contributed by atoms with van der Waals surface area (Å²) < 4.78 is 4.73. The van der Waals surface area contributed by atoms with E-state index in [-0.39, 0.29) is 18.9 Å². The van der Waals surface area contributed by atoms with Crippen LogP contribution < -0.4 is 5.32 Å². The topological polar surface area (TPSA) is 55.4 Å². The van der Waals surface area contributed by atoms with Crippen LogP contribution in [0.25, 0.3) is 0 Å². The zero-order valence-electron chi connectivity index (χ0n) is 10.2. The van der Waals surface area contributed by atoms with Crippen molar-refractivity contribution in [1.29, 1.82) is 0 Å². The lowest BCUT2D eigenvalue weighted by Crippen LogP contribution is -2.25. The van der Waals surface area contributed by atoms with Crippen molar-refractivity contribution in [3.8, 4) is 11.8 Å². The van der Waals surface area contributed by atoms with Gasteiger partial charge in [-0.15, -0.1) is 0 Å². The van der Waals surface area contributed by atoms with E-state index in [1.54, 1.807) is 6.92 Å². The van der Waals surface area contributed by atoms with E-state index in [4.69, 9.17) is 4.74 Å². The van der Waals surface area contributed by atoms with E-state index in [9.17, 15) is 9.59 Å². The van der Waals surface area contributed by atoms with E-state index in [0.717, 1.165) is 5.56 Å². The van der Waals surface area contributed by atoms with E-state index in [0.29, 0.717) is 6.61 Å². The molecule has 1 amide bonds. The summed E-state index contributed by atoms with van der Waals surface area (Å²) >= 11 is 0. The Morgan fingerprint density at radius 2 is 2.00 bits per heavy atom. The Kier molecular flexibility index (Phi) is 6.05. The minimum absolute atomic E-state index is 0.159. The summed E-state index contributed by atoms with van der Waals surface area (Å²) in [5.41, 5.74) is 0.776. The largest absolute Gasteiger partial charge is 0.466 e. The third-order valence-corrected chi connectivity index (χ3v) is 2.01. The van der Waals surface area contributed by atoms with E-state index in [1.165, 1.54) is 0 Å². The monoisotopic (exact) mass is 245 g/mol. The van der Waals surface area contributed by atoms with Crippen LogP contribution in [0.2, 0.25) is 0 Å². The van der Waals surface area contributed by atoms with Crippen LogP contribution in [0.1, 0.15) is 18.9 Å². The number of benzene rings is 1. The number of esters is 1. The van der Waals surface area contributed by atoms with Crippen molar-refractivity contribution in [2.75, 3.05) is 13.2 Å². The third-order valence-electron chi connectivity index (χ3n) is 2.01. The third kappa shape index (κ3) is 5.71. The van der Waals surface area contributed by atoms with Gasteiger partial charge in [0, 0.05) is 18.0 Å². The predicted molar refractivity (Wildman–Crippen MR) is 67.6 cm³/mol. The summed E-state index contributed by atoms with van der Waals surface area (Å²) in [6.07, 6.45) is 0.159. The molecule has 0 aliphatic carbocycles. The average molecular weight is 245 g/mol. The highest BCUT2D eigenvalue weighted by molar-refractivity contribution is 5.94. The van der Waals surface area contributed by atoms with E-state index in [2.05, 4.69) is 17.2 Å². The first-order chi connectivity index (χ1) is 8.72. The van der Waals surface area contributed by atoms with Crippen LogP contribution in [-0.2, 0) is 14.3 Å². The van der Waals surface area contributed by atoms with E-state index >= 15 is 0 Å². The Morgan fingerprint density at radius 1 is 1.28 bits per heavy atom. The van der Waals surface area contributed by atoms with Crippen LogP contribution in [-0.4, -0.2) is 25.0 Å². The van der Waals surface area contributed by atoms with E-state index < -0.39 is 5.91 Å². The van der Waals surface area contributed by atoms with Crippen LogP contribution in [0.4, 0.5) is 0 Å². The van der Waals surface area contributed by atoms with Gasteiger partial charge in [0.25, 0.3) is 5.91 Å². The number of carbonyl (C=O) groups excluding carboxylic acids is 2. The Morgan fingerprint density at radius 3 is 2.67 bits per heavy atom. The zero-order valence-corrected chi connectivity index (χ0v) is 10.2. The standard InChI is InChI=1S/C14H15NO3/c1-2-18-14(17)10-11-15-13(16)9-8-12-6-4-3-5-7-12/h3-7H,2,10-11H2,1H3,(H,15,16). The SMILES string of the molecule is CCOC(=O)CCNC(=O)C#Cc1ccccc1. The molecule has 0 unspecified atom stereocenters. The van der Waals surface area contributed by atoms with Gasteiger partial charge in [-0.25, -0.2) is 0 Å². The lowest BCUT2D eigenvalue weighted by Gasteiger charge is -2.01. The number of amides is 1. The molecule has 0 atom stereocenters. The molecule has 0 saturated heterocycles. The van der Waals surface area contributed by atoms with Crippen LogP contribution in [0.15, 0.2) is 30.3 Å². The van der Waals surface area contributed by atoms with Crippen LogP contribution in [0, 0.1) is 11.8 Å². The van der Waals surface area contributed by atoms with Crippen molar-refractivity contribution < 1.29 is 14.3 Å². The lowest BCUT2D eigenvalue weighted by molar-refractivity contribution is -0.142. The summed E-state index contributed by atoms with van der Waals surface area (Å²) in [6, 6.07) is 9.22. The van der Waals surface area contributed by atoms with Crippen LogP contribution >= 0.6 is 0 Å². The summed E-state index contributed by atoms with van der Waals surface area (Å²) in [5.74, 6) is 4.46. The zero-order chi connectivity index (χ0) is 13.2. The number of hydrogen-bond donors (Lipinski definition) is 1. The maximum atomic E-state index is 11.3. The van der Waals surface area contributed by atoms with Gasteiger partial charge in [0.2, 0.25) is 0 Å². The highest BCUT2D eigenvalue weighted by atomic mass is 16.5. The molecule has 0 spiro atoms. The number of hydrogen-bond acceptors (Lipinski definition) is 3. The fraction of sp³-hybridized carbons (Fsp3) is 0.286. The van der Waals surface area contributed by atoms with Crippen molar-refractivity contribution in [3.05, 3.63) is 35.9 Å². The van der Waals surface area contributed by atoms with Crippen LogP contribution in [0.5, 0.6) is 0 Å². The molecule has 0 radical (unpaired) electrons.